The number of aromatic nitrogens is 2. The summed E-state index contributed by atoms with van der Waals surface area (Å²) >= 11 is 0. The first kappa shape index (κ1) is 15.0. The maximum Gasteiger partial charge on any atom is 0.310 e. The molecule has 10 heteroatoms. The molecule has 1 aromatic carbocycles. The Balaban J connectivity index is 2.04. The lowest BCUT2D eigenvalue weighted by molar-refractivity contribution is -0.385. The third-order valence-corrected chi connectivity index (χ3v) is 2.59. The highest BCUT2D eigenvalue weighted by atomic mass is 16.6. The second kappa shape index (κ2) is 6.35. The number of nitrogens with two attached hydrogens (primary N) is 2. The molecule has 1 heterocycles. The fraction of sp³-hybridized carbons (Fsp3) is 0.0833. The summed E-state index contributed by atoms with van der Waals surface area (Å²) in [4.78, 5) is 29.4. The predicted molar refractivity (Wildman–Crippen MR) is 78.1 cm³/mol. The van der Waals surface area contributed by atoms with Crippen LogP contribution in [-0.2, 0) is 4.79 Å². The number of nitrogens with one attached hydrogen (secondary N) is 1. The second-order valence-electron chi connectivity index (χ2n) is 4.08. The molecule has 10 nitrogen and oxygen atoms in total. The van der Waals surface area contributed by atoms with Crippen LogP contribution in [0.1, 0.15) is 0 Å². The van der Waals surface area contributed by atoms with E-state index in [1.54, 1.807) is 6.07 Å². The molecule has 0 aliphatic heterocycles. The minimum absolute atomic E-state index is 0.00606. The van der Waals surface area contributed by atoms with E-state index in [0.717, 1.165) is 6.33 Å². The van der Waals surface area contributed by atoms with Crippen molar-refractivity contribution in [2.24, 2.45) is 0 Å². The zero-order valence-corrected chi connectivity index (χ0v) is 11.2. The van der Waals surface area contributed by atoms with Gasteiger partial charge in [0.25, 0.3) is 5.91 Å². The summed E-state index contributed by atoms with van der Waals surface area (Å²) in [5.41, 5.74) is 11.0. The quantitative estimate of drug-likeness (QED) is 0.533. The highest BCUT2D eigenvalue weighted by Crippen LogP contribution is 2.26. The van der Waals surface area contributed by atoms with E-state index in [0.29, 0.717) is 0 Å². The van der Waals surface area contributed by atoms with E-state index in [1.165, 1.54) is 18.2 Å². The van der Waals surface area contributed by atoms with Gasteiger partial charge in [-0.2, -0.15) is 0 Å². The molecule has 5 N–H and O–H groups in total. The van der Waals surface area contributed by atoms with Crippen molar-refractivity contribution in [3.8, 4) is 5.75 Å². The normalized spacial score (nSPS) is 10.0. The van der Waals surface area contributed by atoms with Gasteiger partial charge in [0, 0.05) is 6.07 Å². The van der Waals surface area contributed by atoms with Crippen LogP contribution in [0.4, 0.5) is 23.0 Å². The Bertz CT molecular complexity index is 700. The van der Waals surface area contributed by atoms with Crippen LogP contribution in [0.5, 0.6) is 5.75 Å². The van der Waals surface area contributed by atoms with Gasteiger partial charge in [-0.25, -0.2) is 9.97 Å². The Morgan fingerprint density at radius 1 is 1.27 bits per heavy atom. The van der Waals surface area contributed by atoms with E-state index < -0.39 is 17.4 Å². The van der Waals surface area contributed by atoms with Crippen molar-refractivity contribution in [2.45, 2.75) is 0 Å². The second-order valence-corrected chi connectivity index (χ2v) is 4.08. The standard InChI is InChI=1S/C12H12N6O4/c13-11-10(12(14)16-6-15-11)17-9(19)5-22-8-4-2-1-3-7(8)18(20)21/h1-4,6H,5H2,(H,17,19)(H4,13,14,15,16). The number of ether oxygens (including phenoxy) is 1. The van der Waals surface area contributed by atoms with Crippen molar-refractivity contribution in [1.82, 2.24) is 9.97 Å². The smallest absolute Gasteiger partial charge is 0.310 e. The first-order valence-corrected chi connectivity index (χ1v) is 6.01. The average molecular weight is 304 g/mol. The van der Waals surface area contributed by atoms with Gasteiger partial charge < -0.3 is 21.5 Å². The largest absolute Gasteiger partial charge is 0.477 e. The summed E-state index contributed by atoms with van der Waals surface area (Å²) in [6.45, 7) is -0.460. The molecule has 2 rings (SSSR count). The van der Waals surface area contributed by atoms with Crippen molar-refractivity contribution in [3.63, 3.8) is 0 Å². The fourth-order valence-corrected chi connectivity index (χ4v) is 1.59. The number of nitro benzene ring substituents is 1. The van der Waals surface area contributed by atoms with Crippen molar-refractivity contribution >= 4 is 28.9 Å². The molecule has 0 saturated heterocycles. The van der Waals surface area contributed by atoms with Gasteiger partial charge in [0.05, 0.1) is 4.92 Å². The van der Waals surface area contributed by atoms with Gasteiger partial charge in [-0.3, -0.25) is 14.9 Å². The van der Waals surface area contributed by atoms with E-state index in [9.17, 15) is 14.9 Å². The summed E-state index contributed by atoms with van der Waals surface area (Å²) < 4.78 is 5.14. The topological polar surface area (TPSA) is 159 Å². The minimum atomic E-state index is -0.605. The lowest BCUT2D eigenvalue weighted by Gasteiger charge is -2.10. The summed E-state index contributed by atoms with van der Waals surface area (Å²) in [6.07, 6.45) is 1.16. The molecule has 0 fully saturated rings. The third-order valence-electron chi connectivity index (χ3n) is 2.59. The molecule has 0 aliphatic carbocycles. The molecule has 0 atom stereocenters. The van der Waals surface area contributed by atoms with E-state index in [4.69, 9.17) is 16.2 Å². The molecule has 0 unspecified atom stereocenters. The van der Waals surface area contributed by atoms with Crippen LogP contribution in [0.2, 0.25) is 0 Å². The van der Waals surface area contributed by atoms with E-state index >= 15 is 0 Å². The Labute approximate surface area is 124 Å². The highest BCUT2D eigenvalue weighted by Gasteiger charge is 2.16. The molecule has 0 radical (unpaired) electrons. The number of nitrogen functional groups attached to an aromatic ring is 2. The van der Waals surface area contributed by atoms with Crippen molar-refractivity contribution in [1.29, 1.82) is 0 Å². The number of hydrogen-bond acceptors (Lipinski definition) is 8. The molecule has 1 amide bonds. The average Bonchev–Trinajstić information content (AvgIpc) is 2.49. The molecular formula is C12H12N6O4. The molecule has 0 bridgehead atoms. The molecule has 0 saturated carbocycles. The Morgan fingerprint density at radius 3 is 2.55 bits per heavy atom. The number of nitrogens with zero attached hydrogens (tertiary/aromatic N) is 3. The van der Waals surface area contributed by atoms with Crippen molar-refractivity contribution in [3.05, 3.63) is 40.7 Å². The highest BCUT2D eigenvalue weighted by molar-refractivity contribution is 5.97. The van der Waals surface area contributed by atoms with E-state index in [2.05, 4.69) is 15.3 Å². The first-order valence-electron chi connectivity index (χ1n) is 6.01. The molecule has 0 spiro atoms. The number of nitro groups is 1. The van der Waals surface area contributed by atoms with Gasteiger partial charge in [0.15, 0.2) is 24.0 Å². The number of anilines is 3. The number of benzene rings is 1. The molecule has 2 aromatic rings. The van der Waals surface area contributed by atoms with Crippen molar-refractivity contribution < 1.29 is 14.5 Å². The maximum atomic E-state index is 11.8. The van der Waals surface area contributed by atoms with Crippen molar-refractivity contribution in [2.75, 3.05) is 23.4 Å². The summed E-state index contributed by atoms with van der Waals surface area (Å²) in [5, 5.41) is 13.2. The number of hydrogen-bond donors (Lipinski definition) is 3. The monoisotopic (exact) mass is 304 g/mol. The number of carbonyl (C=O) groups is 1. The number of rotatable bonds is 5. The maximum absolute atomic E-state index is 11.8. The summed E-state index contributed by atoms with van der Waals surface area (Å²) in [6, 6.07) is 5.71. The zero-order chi connectivity index (χ0) is 16.1. The van der Waals surface area contributed by atoms with E-state index in [-0.39, 0.29) is 28.8 Å². The molecule has 114 valence electrons. The molecule has 0 aliphatic rings. The molecular weight excluding hydrogens is 292 g/mol. The van der Waals surface area contributed by atoms with Crippen LogP contribution in [-0.4, -0.2) is 27.4 Å². The predicted octanol–water partition coefficient (Wildman–Crippen LogP) is 0.567. The van der Waals surface area contributed by atoms with Crippen LogP contribution in [0, 0.1) is 10.1 Å². The van der Waals surface area contributed by atoms with Crippen LogP contribution < -0.4 is 21.5 Å². The lowest BCUT2D eigenvalue weighted by Crippen LogP contribution is -2.22. The van der Waals surface area contributed by atoms with Gasteiger partial charge in [-0.1, -0.05) is 12.1 Å². The third kappa shape index (κ3) is 3.36. The van der Waals surface area contributed by atoms with Crippen LogP contribution in [0.15, 0.2) is 30.6 Å². The summed E-state index contributed by atoms with van der Waals surface area (Å²) in [5.74, 6) is -0.614. The van der Waals surface area contributed by atoms with Gasteiger partial charge >= 0.3 is 5.69 Å². The van der Waals surface area contributed by atoms with Gasteiger partial charge in [-0.05, 0) is 6.07 Å². The van der Waals surface area contributed by atoms with Gasteiger partial charge in [0.1, 0.15) is 12.0 Å². The number of carbonyl (C=O) groups excluding carboxylic acids is 1. The molecule has 1 aromatic heterocycles. The Kier molecular flexibility index (Phi) is 4.32. The first-order chi connectivity index (χ1) is 10.5. The van der Waals surface area contributed by atoms with Gasteiger partial charge in [0.2, 0.25) is 0 Å². The van der Waals surface area contributed by atoms with Crippen LogP contribution >= 0.6 is 0 Å². The zero-order valence-electron chi connectivity index (χ0n) is 11.2. The van der Waals surface area contributed by atoms with Gasteiger partial charge in [-0.15, -0.1) is 0 Å². The number of amides is 1. The Hall–Kier alpha value is -3.43. The fourth-order valence-electron chi connectivity index (χ4n) is 1.59. The molecule has 22 heavy (non-hydrogen) atoms. The number of para-hydroxylation sites is 2. The minimum Gasteiger partial charge on any atom is -0.477 e. The van der Waals surface area contributed by atoms with Crippen LogP contribution in [0.25, 0.3) is 0 Å². The Morgan fingerprint density at radius 2 is 1.91 bits per heavy atom. The van der Waals surface area contributed by atoms with E-state index in [1.807, 2.05) is 0 Å². The summed E-state index contributed by atoms with van der Waals surface area (Å²) in [7, 11) is 0. The SMILES string of the molecule is Nc1ncnc(N)c1NC(=O)COc1ccccc1[N+](=O)[O-]. The van der Waals surface area contributed by atoms with Crippen LogP contribution in [0.3, 0.4) is 0 Å². The lowest BCUT2D eigenvalue weighted by atomic mass is 10.3.